The molecule has 2 aromatic carbocycles. The van der Waals surface area contributed by atoms with Gasteiger partial charge in [0.25, 0.3) is 0 Å². The monoisotopic (exact) mass is 384 g/mol. The molecule has 0 saturated carbocycles. The van der Waals surface area contributed by atoms with E-state index in [-0.39, 0.29) is 17.8 Å². The van der Waals surface area contributed by atoms with Crippen molar-refractivity contribution < 1.29 is 18.7 Å². The normalized spacial score (nSPS) is 18.8. The summed E-state index contributed by atoms with van der Waals surface area (Å²) in [7, 11) is 0. The Morgan fingerprint density at radius 2 is 1.96 bits per heavy atom. The molecule has 2 heterocycles. The molecule has 0 aromatic heterocycles. The Bertz CT molecular complexity index is 842. The first-order chi connectivity index (χ1) is 13.7. The van der Waals surface area contributed by atoms with Gasteiger partial charge in [0.05, 0.1) is 6.54 Å². The van der Waals surface area contributed by atoms with Crippen LogP contribution in [0, 0.1) is 5.82 Å². The van der Waals surface area contributed by atoms with Crippen LogP contribution in [-0.4, -0.2) is 43.7 Å². The van der Waals surface area contributed by atoms with Crippen LogP contribution in [-0.2, 0) is 11.2 Å². The van der Waals surface area contributed by atoms with Crippen LogP contribution in [0.3, 0.4) is 0 Å². The van der Waals surface area contributed by atoms with E-state index in [1.54, 1.807) is 12.1 Å². The summed E-state index contributed by atoms with van der Waals surface area (Å²) < 4.78 is 24.9. The molecule has 28 heavy (non-hydrogen) atoms. The van der Waals surface area contributed by atoms with Gasteiger partial charge in [0.15, 0.2) is 11.5 Å². The molecule has 4 rings (SSSR count). The highest BCUT2D eigenvalue weighted by Crippen LogP contribution is 2.37. The second kappa shape index (κ2) is 8.61. The fourth-order valence-corrected chi connectivity index (χ4v) is 3.94. The Labute approximate surface area is 164 Å². The summed E-state index contributed by atoms with van der Waals surface area (Å²) in [6.07, 6.45) is 2.56. The Morgan fingerprint density at radius 3 is 2.82 bits per heavy atom. The first-order valence-corrected chi connectivity index (χ1v) is 9.84. The molecule has 2 aromatic rings. The molecule has 0 aliphatic carbocycles. The van der Waals surface area contributed by atoms with E-state index in [0.29, 0.717) is 38.3 Å². The summed E-state index contributed by atoms with van der Waals surface area (Å²) >= 11 is 0. The summed E-state index contributed by atoms with van der Waals surface area (Å²) in [6, 6.07) is 12.9. The van der Waals surface area contributed by atoms with Gasteiger partial charge in [-0.1, -0.05) is 24.3 Å². The number of carbonyl (C=O) groups excluding carboxylic acids is 1. The van der Waals surface area contributed by atoms with Crippen LogP contribution in [0.15, 0.2) is 42.5 Å². The molecular weight excluding hydrogens is 359 g/mol. The minimum Gasteiger partial charge on any atom is -0.486 e. The Kier molecular flexibility index (Phi) is 5.76. The van der Waals surface area contributed by atoms with E-state index in [4.69, 9.17) is 9.47 Å². The lowest BCUT2D eigenvalue weighted by molar-refractivity contribution is -0.122. The van der Waals surface area contributed by atoms with Gasteiger partial charge in [-0.2, -0.15) is 0 Å². The highest BCUT2D eigenvalue weighted by Gasteiger charge is 2.28. The number of halogens is 1. The molecule has 2 aliphatic rings. The van der Waals surface area contributed by atoms with Crippen LogP contribution in [0.5, 0.6) is 11.5 Å². The summed E-state index contributed by atoms with van der Waals surface area (Å²) in [5, 5.41) is 2.92. The second-order valence-corrected chi connectivity index (χ2v) is 7.22. The number of ether oxygens (including phenoxy) is 2. The highest BCUT2D eigenvalue weighted by atomic mass is 19.1. The van der Waals surface area contributed by atoms with Gasteiger partial charge in [0, 0.05) is 12.6 Å². The smallest absolute Gasteiger partial charge is 0.234 e. The first-order valence-electron chi connectivity index (χ1n) is 9.84. The Morgan fingerprint density at radius 1 is 1.14 bits per heavy atom. The number of nitrogens with zero attached hydrogens (tertiary/aromatic N) is 1. The van der Waals surface area contributed by atoms with Gasteiger partial charge in [-0.25, -0.2) is 4.39 Å². The van der Waals surface area contributed by atoms with Crippen LogP contribution in [0.2, 0.25) is 0 Å². The molecule has 0 unspecified atom stereocenters. The summed E-state index contributed by atoms with van der Waals surface area (Å²) in [6.45, 7) is 2.81. The highest BCUT2D eigenvalue weighted by molar-refractivity contribution is 5.78. The zero-order chi connectivity index (χ0) is 19.3. The van der Waals surface area contributed by atoms with E-state index < -0.39 is 0 Å². The van der Waals surface area contributed by atoms with E-state index in [9.17, 15) is 9.18 Å². The average Bonchev–Trinajstić information content (AvgIpc) is 3.17. The van der Waals surface area contributed by atoms with Crippen LogP contribution in [0.1, 0.15) is 30.0 Å². The Hall–Kier alpha value is -2.60. The molecule has 6 heteroatoms. The zero-order valence-corrected chi connectivity index (χ0v) is 15.8. The van der Waals surface area contributed by atoms with E-state index in [2.05, 4.69) is 16.3 Å². The lowest BCUT2D eigenvalue weighted by Gasteiger charge is -2.26. The SMILES string of the molecule is O=C(CN1CCC[C@H]1c1ccc2c(c1)OCCO2)NCCc1ccccc1F. The molecule has 2 aliphatic heterocycles. The number of likely N-dealkylation sites (tertiary alicyclic amines) is 1. The fraction of sp³-hybridized carbons (Fsp3) is 0.409. The largest absolute Gasteiger partial charge is 0.486 e. The van der Waals surface area contributed by atoms with E-state index in [1.165, 1.54) is 6.07 Å². The molecule has 1 N–H and O–H groups in total. The molecule has 1 saturated heterocycles. The second-order valence-electron chi connectivity index (χ2n) is 7.22. The van der Waals surface area contributed by atoms with Gasteiger partial charge < -0.3 is 14.8 Å². The predicted octanol–water partition coefficient (Wildman–Crippen LogP) is 3.09. The number of benzene rings is 2. The first kappa shape index (κ1) is 18.7. The predicted molar refractivity (Wildman–Crippen MR) is 104 cm³/mol. The number of hydrogen-bond donors (Lipinski definition) is 1. The molecule has 0 spiro atoms. The van der Waals surface area contributed by atoms with Gasteiger partial charge in [0.1, 0.15) is 19.0 Å². The van der Waals surface area contributed by atoms with Crippen molar-refractivity contribution in [2.24, 2.45) is 0 Å². The lowest BCUT2D eigenvalue weighted by Crippen LogP contribution is -2.37. The van der Waals surface area contributed by atoms with Gasteiger partial charge in [0.2, 0.25) is 5.91 Å². The van der Waals surface area contributed by atoms with Crippen molar-refractivity contribution in [3.8, 4) is 11.5 Å². The zero-order valence-electron chi connectivity index (χ0n) is 15.8. The summed E-state index contributed by atoms with van der Waals surface area (Å²) in [4.78, 5) is 14.6. The van der Waals surface area contributed by atoms with E-state index in [1.807, 2.05) is 18.2 Å². The minimum atomic E-state index is -0.227. The maximum atomic E-state index is 13.7. The van der Waals surface area contributed by atoms with Gasteiger partial charge in [-0.15, -0.1) is 0 Å². The Balaban J connectivity index is 1.32. The van der Waals surface area contributed by atoms with Crippen molar-refractivity contribution in [1.82, 2.24) is 10.2 Å². The standard InChI is InChI=1S/C22H25FN2O3/c23-18-5-2-1-4-16(18)9-10-24-22(26)15-25-11-3-6-19(25)17-7-8-20-21(14-17)28-13-12-27-20/h1-2,4-5,7-8,14,19H,3,6,9-13,15H2,(H,24,26)/t19-/m0/s1. The van der Waals surface area contributed by atoms with Crippen LogP contribution in [0.25, 0.3) is 0 Å². The minimum absolute atomic E-state index is 0.0271. The number of carbonyl (C=O) groups is 1. The fourth-order valence-electron chi connectivity index (χ4n) is 3.94. The van der Waals surface area contributed by atoms with E-state index in [0.717, 1.165) is 36.4 Å². The van der Waals surface area contributed by atoms with Crippen molar-refractivity contribution in [2.45, 2.75) is 25.3 Å². The number of fused-ring (bicyclic) bond motifs is 1. The van der Waals surface area contributed by atoms with Crippen molar-refractivity contribution in [3.63, 3.8) is 0 Å². The number of amides is 1. The molecule has 1 fully saturated rings. The molecule has 148 valence electrons. The molecule has 5 nitrogen and oxygen atoms in total. The number of nitrogens with one attached hydrogen (secondary N) is 1. The lowest BCUT2D eigenvalue weighted by atomic mass is 10.0. The third-order valence-electron chi connectivity index (χ3n) is 5.34. The van der Waals surface area contributed by atoms with Gasteiger partial charge >= 0.3 is 0 Å². The number of hydrogen-bond acceptors (Lipinski definition) is 4. The molecular formula is C22H25FN2O3. The third-order valence-corrected chi connectivity index (χ3v) is 5.34. The van der Waals surface area contributed by atoms with E-state index >= 15 is 0 Å². The van der Waals surface area contributed by atoms with Crippen molar-refractivity contribution in [2.75, 3.05) is 32.8 Å². The van der Waals surface area contributed by atoms with Gasteiger partial charge in [-0.05, 0) is 55.1 Å². The number of rotatable bonds is 6. The van der Waals surface area contributed by atoms with Crippen molar-refractivity contribution in [1.29, 1.82) is 0 Å². The third kappa shape index (κ3) is 4.28. The quantitative estimate of drug-likeness (QED) is 0.832. The van der Waals surface area contributed by atoms with Crippen molar-refractivity contribution in [3.05, 3.63) is 59.4 Å². The molecule has 1 amide bonds. The topological polar surface area (TPSA) is 50.8 Å². The average molecular weight is 384 g/mol. The summed E-state index contributed by atoms with van der Waals surface area (Å²) in [5.41, 5.74) is 1.78. The van der Waals surface area contributed by atoms with Crippen LogP contribution >= 0.6 is 0 Å². The van der Waals surface area contributed by atoms with Crippen molar-refractivity contribution >= 4 is 5.91 Å². The molecule has 0 bridgehead atoms. The summed E-state index contributed by atoms with van der Waals surface area (Å²) in [5.74, 6) is 1.31. The van der Waals surface area contributed by atoms with Crippen LogP contribution in [0.4, 0.5) is 4.39 Å². The molecule has 1 atom stereocenters. The molecule has 0 radical (unpaired) electrons. The maximum Gasteiger partial charge on any atom is 0.234 e. The maximum absolute atomic E-state index is 13.7. The van der Waals surface area contributed by atoms with Crippen LogP contribution < -0.4 is 14.8 Å². The van der Waals surface area contributed by atoms with Gasteiger partial charge in [-0.3, -0.25) is 9.69 Å².